The zero-order valence-electron chi connectivity index (χ0n) is 17.3. The highest BCUT2D eigenvalue weighted by Gasteiger charge is 2.46. The van der Waals surface area contributed by atoms with Crippen LogP contribution < -0.4 is 25.0 Å². The molecule has 30 heavy (non-hydrogen) atoms. The van der Waals surface area contributed by atoms with Gasteiger partial charge in [-0.25, -0.2) is 4.68 Å². The van der Waals surface area contributed by atoms with Gasteiger partial charge in [0, 0.05) is 19.4 Å². The molecular weight excluding hydrogens is 384 g/mol. The topological polar surface area (TPSA) is 99.3 Å². The molecule has 3 saturated heterocycles. The number of fused-ring (bicyclic) bond motifs is 4. The van der Waals surface area contributed by atoms with E-state index in [1.165, 1.54) is 4.90 Å². The molecular formula is C21H30N6O3+2. The van der Waals surface area contributed by atoms with E-state index in [1.807, 2.05) is 29.9 Å². The zero-order valence-corrected chi connectivity index (χ0v) is 17.3. The first-order chi connectivity index (χ1) is 14.7. The van der Waals surface area contributed by atoms with Gasteiger partial charge < -0.3 is 25.0 Å². The quantitative estimate of drug-likeness (QED) is 0.502. The lowest BCUT2D eigenvalue weighted by atomic mass is 9.75. The number of piperidine rings is 3. The standard InChI is InChI=1S/C21H28N6O3/c1-22-9-16-10-27(25-24-16)11-17-7-15-4-5-26(17)12-18(15)21(28)23-8-14-2-3-19-20(6-14)30-13-29-19/h2-3,6,10,15,17-18,22H,4-5,7-9,11-13H2,1H3,(H,23,28)/p+2/t15-,17-,18+/m1/s1. The Balaban J connectivity index is 1.16. The Kier molecular flexibility index (Phi) is 5.30. The molecule has 0 saturated carbocycles. The van der Waals surface area contributed by atoms with E-state index in [9.17, 15) is 4.79 Å². The van der Waals surface area contributed by atoms with Crippen molar-refractivity contribution in [3.8, 4) is 11.5 Å². The van der Waals surface area contributed by atoms with Gasteiger partial charge in [0.2, 0.25) is 12.7 Å². The third-order valence-electron chi connectivity index (χ3n) is 6.70. The molecule has 160 valence electrons. The van der Waals surface area contributed by atoms with Gasteiger partial charge in [-0.2, -0.15) is 0 Å². The summed E-state index contributed by atoms with van der Waals surface area (Å²) in [6, 6.07) is 6.35. The molecule has 9 nitrogen and oxygen atoms in total. The summed E-state index contributed by atoms with van der Waals surface area (Å²) < 4.78 is 12.8. The summed E-state index contributed by atoms with van der Waals surface area (Å²) in [7, 11) is 2.03. The molecule has 1 unspecified atom stereocenters. The van der Waals surface area contributed by atoms with Gasteiger partial charge in [0.1, 0.15) is 18.3 Å². The van der Waals surface area contributed by atoms with E-state index in [4.69, 9.17) is 9.47 Å². The largest absolute Gasteiger partial charge is 0.454 e. The third-order valence-corrected chi connectivity index (χ3v) is 6.70. The van der Waals surface area contributed by atoms with Gasteiger partial charge in [0.05, 0.1) is 38.8 Å². The molecule has 4 atom stereocenters. The van der Waals surface area contributed by atoms with Crippen LogP contribution in [-0.4, -0.2) is 53.9 Å². The molecule has 2 aromatic rings. The molecule has 4 aliphatic heterocycles. The van der Waals surface area contributed by atoms with Crippen LogP contribution in [0.1, 0.15) is 24.1 Å². The van der Waals surface area contributed by atoms with Crippen LogP contribution >= 0.6 is 0 Å². The maximum absolute atomic E-state index is 12.9. The predicted molar refractivity (Wildman–Crippen MR) is 107 cm³/mol. The van der Waals surface area contributed by atoms with Crippen molar-refractivity contribution in [2.24, 2.45) is 11.8 Å². The minimum absolute atomic E-state index is 0.0972. The van der Waals surface area contributed by atoms with Crippen molar-refractivity contribution in [2.75, 3.05) is 26.9 Å². The summed E-state index contributed by atoms with van der Waals surface area (Å²) in [5, 5.41) is 13.8. The Labute approximate surface area is 175 Å². The number of amides is 1. The van der Waals surface area contributed by atoms with E-state index < -0.39 is 0 Å². The summed E-state index contributed by atoms with van der Waals surface area (Å²) in [6.07, 6.45) is 4.26. The SMILES string of the molecule is C[NH2+]Cc1cn(C[C@H]2C[C@H]3CC[NH+]2C[C@@H]3C(=O)NCc2ccc3c(c2)OCO3)nn1. The molecule has 0 radical (unpaired) electrons. The molecule has 0 spiro atoms. The highest BCUT2D eigenvalue weighted by Crippen LogP contribution is 2.32. The van der Waals surface area contributed by atoms with Crippen LogP contribution in [0.4, 0.5) is 0 Å². The fourth-order valence-electron chi connectivity index (χ4n) is 5.15. The highest BCUT2D eigenvalue weighted by atomic mass is 16.7. The summed E-state index contributed by atoms with van der Waals surface area (Å²) in [6.45, 7) is 4.58. The zero-order chi connectivity index (χ0) is 20.5. The second-order valence-corrected chi connectivity index (χ2v) is 8.65. The van der Waals surface area contributed by atoms with Crippen LogP contribution in [0.5, 0.6) is 11.5 Å². The van der Waals surface area contributed by atoms with Crippen molar-refractivity contribution in [3.63, 3.8) is 0 Å². The molecule has 0 aliphatic carbocycles. The summed E-state index contributed by atoms with van der Waals surface area (Å²) in [5.41, 5.74) is 2.05. The number of carbonyl (C=O) groups excluding carboxylic acids is 1. The number of hydrogen-bond acceptors (Lipinski definition) is 5. The molecule has 3 fully saturated rings. The second kappa shape index (κ2) is 8.23. The fraction of sp³-hybridized carbons (Fsp3) is 0.571. The number of nitrogens with two attached hydrogens (primary N) is 1. The average Bonchev–Trinajstić information content (AvgIpc) is 3.41. The molecule has 2 bridgehead atoms. The lowest BCUT2D eigenvalue weighted by molar-refractivity contribution is -0.945. The smallest absolute Gasteiger partial charge is 0.231 e. The van der Waals surface area contributed by atoms with E-state index in [0.717, 1.165) is 61.8 Å². The molecule has 1 aromatic carbocycles. The lowest BCUT2D eigenvalue weighted by Gasteiger charge is -2.46. The summed E-state index contributed by atoms with van der Waals surface area (Å²) in [5.74, 6) is 2.25. The van der Waals surface area contributed by atoms with Gasteiger partial charge in [-0.05, 0) is 23.6 Å². The first kappa shape index (κ1) is 19.3. The van der Waals surface area contributed by atoms with Gasteiger partial charge in [0.25, 0.3) is 0 Å². The van der Waals surface area contributed by atoms with E-state index in [-0.39, 0.29) is 18.6 Å². The summed E-state index contributed by atoms with van der Waals surface area (Å²) >= 11 is 0. The number of rotatable bonds is 7. The molecule has 4 N–H and O–H groups in total. The van der Waals surface area contributed by atoms with Gasteiger partial charge >= 0.3 is 0 Å². The van der Waals surface area contributed by atoms with E-state index >= 15 is 0 Å². The van der Waals surface area contributed by atoms with E-state index in [1.54, 1.807) is 0 Å². The Bertz CT molecular complexity index is 916. The van der Waals surface area contributed by atoms with Crippen molar-refractivity contribution >= 4 is 5.91 Å². The van der Waals surface area contributed by atoms with Crippen LogP contribution in [0.25, 0.3) is 0 Å². The number of ether oxygens (including phenoxy) is 2. The monoisotopic (exact) mass is 414 g/mol. The van der Waals surface area contributed by atoms with Crippen molar-refractivity contribution in [1.82, 2.24) is 20.3 Å². The second-order valence-electron chi connectivity index (χ2n) is 8.65. The minimum Gasteiger partial charge on any atom is -0.454 e. The number of benzene rings is 1. The minimum atomic E-state index is 0.0972. The first-order valence-electron chi connectivity index (χ1n) is 10.9. The van der Waals surface area contributed by atoms with Crippen LogP contribution in [0.2, 0.25) is 0 Å². The average molecular weight is 415 g/mol. The van der Waals surface area contributed by atoms with Crippen LogP contribution in [0, 0.1) is 11.8 Å². The Morgan fingerprint density at radius 3 is 3.10 bits per heavy atom. The van der Waals surface area contributed by atoms with Crippen molar-refractivity contribution in [1.29, 1.82) is 0 Å². The fourth-order valence-corrected chi connectivity index (χ4v) is 5.15. The third kappa shape index (κ3) is 3.87. The molecule has 4 aliphatic rings. The highest BCUT2D eigenvalue weighted by molar-refractivity contribution is 5.79. The number of hydrogen-bond donors (Lipinski definition) is 3. The number of carbonyl (C=O) groups is 1. The maximum atomic E-state index is 12.9. The Hall–Kier alpha value is -2.65. The Morgan fingerprint density at radius 2 is 2.27 bits per heavy atom. The predicted octanol–water partition coefficient (Wildman–Crippen LogP) is -1.69. The Morgan fingerprint density at radius 1 is 1.37 bits per heavy atom. The van der Waals surface area contributed by atoms with Crippen molar-refractivity contribution in [3.05, 3.63) is 35.7 Å². The number of nitrogens with zero attached hydrogens (tertiary/aromatic N) is 3. The number of quaternary nitrogens is 2. The van der Waals surface area contributed by atoms with Crippen LogP contribution in [-0.2, 0) is 24.4 Å². The van der Waals surface area contributed by atoms with Gasteiger partial charge in [-0.1, -0.05) is 11.3 Å². The lowest BCUT2D eigenvalue weighted by Crippen LogP contribution is -3.20. The number of aromatic nitrogens is 3. The van der Waals surface area contributed by atoms with Crippen molar-refractivity contribution in [2.45, 2.75) is 38.5 Å². The van der Waals surface area contributed by atoms with Crippen molar-refractivity contribution < 1.29 is 24.5 Å². The maximum Gasteiger partial charge on any atom is 0.231 e. The molecule has 6 rings (SSSR count). The summed E-state index contributed by atoms with van der Waals surface area (Å²) in [4.78, 5) is 14.5. The number of nitrogens with one attached hydrogen (secondary N) is 2. The first-order valence-corrected chi connectivity index (χ1v) is 10.9. The van der Waals surface area contributed by atoms with Gasteiger partial charge in [0.15, 0.2) is 11.5 Å². The molecule has 1 amide bonds. The normalized spacial score (nSPS) is 26.7. The molecule has 5 heterocycles. The van der Waals surface area contributed by atoms with Crippen LogP contribution in [0.15, 0.2) is 24.4 Å². The van der Waals surface area contributed by atoms with E-state index in [2.05, 4.69) is 27.1 Å². The van der Waals surface area contributed by atoms with E-state index in [0.29, 0.717) is 18.5 Å². The van der Waals surface area contributed by atoms with Gasteiger partial charge in [-0.3, -0.25) is 4.79 Å². The van der Waals surface area contributed by atoms with Gasteiger partial charge in [-0.15, -0.1) is 5.10 Å². The van der Waals surface area contributed by atoms with Crippen LogP contribution in [0.3, 0.4) is 0 Å². The molecule has 9 heteroatoms. The molecule has 1 aromatic heterocycles.